The van der Waals surface area contributed by atoms with Gasteiger partial charge in [0.05, 0.1) is 0 Å². The first-order chi connectivity index (χ1) is 3.29. The summed E-state index contributed by atoms with van der Waals surface area (Å²) in [5.41, 5.74) is 2.61. The van der Waals surface area contributed by atoms with Crippen LogP contribution < -0.4 is 0 Å². The van der Waals surface area contributed by atoms with Crippen molar-refractivity contribution in [2.75, 3.05) is 0 Å². The fourth-order valence-electron chi connectivity index (χ4n) is 0.715. The number of hydrogen-bond acceptors (Lipinski definition) is 1. The van der Waals surface area contributed by atoms with E-state index in [0.29, 0.717) is 0 Å². The molecule has 0 aromatic rings. The highest BCUT2D eigenvalue weighted by Gasteiger charge is 1.97. The Morgan fingerprint density at radius 1 is 1.50 bits per heavy atom. The first kappa shape index (κ1) is 7.41. The average molecular weight is 111 g/mol. The Hall–Kier alpha value is -0.590. The molecule has 0 fully saturated rings. The maximum Gasteiger partial charge on any atom is 0.0260 e. The molecule has 0 aromatic heterocycles. The second kappa shape index (κ2) is 2.65. The third-order valence-electron chi connectivity index (χ3n) is 1.04. The van der Waals surface area contributed by atoms with Crippen molar-refractivity contribution in [2.24, 2.45) is 4.99 Å². The molecule has 1 heterocycles. The molecule has 0 saturated heterocycles. The van der Waals surface area contributed by atoms with Gasteiger partial charge in [0.1, 0.15) is 0 Å². The highest BCUT2D eigenvalue weighted by atomic mass is 14.7. The molecule has 0 radical (unpaired) electrons. The van der Waals surface area contributed by atoms with E-state index in [0.717, 1.165) is 6.42 Å². The zero-order valence-corrected chi connectivity index (χ0v) is 4.73. The van der Waals surface area contributed by atoms with Gasteiger partial charge in [0.15, 0.2) is 0 Å². The van der Waals surface area contributed by atoms with Crippen molar-refractivity contribution in [2.45, 2.75) is 27.7 Å². The molecule has 0 spiro atoms. The predicted molar refractivity (Wildman–Crippen MR) is 38.2 cm³/mol. The van der Waals surface area contributed by atoms with Crippen molar-refractivity contribution < 1.29 is 0 Å². The standard InChI is InChI=1S/C6H9N.CH4/c1-5-3-6(2)7-4-5;/h4H,3H2,1-2H3;1H4. The Bertz CT molecular complexity index is 115. The molecule has 8 heavy (non-hydrogen) atoms. The first-order valence-electron chi connectivity index (χ1n) is 2.48. The Labute approximate surface area is 51.1 Å². The van der Waals surface area contributed by atoms with E-state index in [4.69, 9.17) is 0 Å². The van der Waals surface area contributed by atoms with E-state index in [9.17, 15) is 0 Å². The molecule has 0 N–H and O–H groups in total. The summed E-state index contributed by atoms with van der Waals surface area (Å²) in [7, 11) is 0. The van der Waals surface area contributed by atoms with Crippen molar-refractivity contribution in [3.8, 4) is 0 Å². The summed E-state index contributed by atoms with van der Waals surface area (Å²) in [6.45, 7) is 4.15. The molecular formula is C7H13N. The lowest BCUT2D eigenvalue weighted by molar-refractivity contribution is 1.30. The van der Waals surface area contributed by atoms with E-state index >= 15 is 0 Å². The largest absolute Gasteiger partial charge is 0.266 e. The van der Waals surface area contributed by atoms with Crippen LogP contribution in [0.25, 0.3) is 0 Å². The number of aliphatic imine (C=N–C) groups is 1. The number of hydrogen-bond donors (Lipinski definition) is 0. The molecule has 0 aromatic carbocycles. The highest BCUT2D eigenvalue weighted by Crippen LogP contribution is 2.08. The molecule has 0 atom stereocenters. The first-order valence-corrected chi connectivity index (χ1v) is 2.48. The zero-order chi connectivity index (χ0) is 5.28. The van der Waals surface area contributed by atoms with Crippen LogP contribution in [0.5, 0.6) is 0 Å². The fourth-order valence-corrected chi connectivity index (χ4v) is 0.715. The van der Waals surface area contributed by atoms with Gasteiger partial charge in [-0.1, -0.05) is 7.43 Å². The van der Waals surface area contributed by atoms with Gasteiger partial charge in [0.25, 0.3) is 0 Å². The van der Waals surface area contributed by atoms with Crippen molar-refractivity contribution in [3.63, 3.8) is 0 Å². The van der Waals surface area contributed by atoms with E-state index in [2.05, 4.69) is 11.9 Å². The van der Waals surface area contributed by atoms with Crippen LogP contribution in [-0.4, -0.2) is 5.71 Å². The molecule has 0 unspecified atom stereocenters. The predicted octanol–water partition coefficient (Wildman–Crippen LogP) is 2.39. The minimum Gasteiger partial charge on any atom is -0.266 e. The summed E-state index contributed by atoms with van der Waals surface area (Å²) in [6.07, 6.45) is 3.01. The quantitative estimate of drug-likeness (QED) is 0.455. The topological polar surface area (TPSA) is 12.4 Å². The van der Waals surface area contributed by atoms with E-state index in [1.807, 2.05) is 13.1 Å². The lowest BCUT2D eigenvalue weighted by Gasteiger charge is -1.84. The van der Waals surface area contributed by atoms with Crippen molar-refractivity contribution in [1.82, 2.24) is 0 Å². The molecule has 0 saturated carbocycles. The summed E-state index contributed by atoms with van der Waals surface area (Å²) in [4.78, 5) is 4.07. The van der Waals surface area contributed by atoms with E-state index in [1.54, 1.807) is 0 Å². The van der Waals surface area contributed by atoms with Crippen LogP contribution in [-0.2, 0) is 0 Å². The second-order valence-corrected chi connectivity index (χ2v) is 2.02. The Kier molecular flexibility index (Phi) is 2.46. The molecule has 0 amide bonds. The van der Waals surface area contributed by atoms with Crippen LogP contribution in [0, 0.1) is 0 Å². The van der Waals surface area contributed by atoms with Gasteiger partial charge in [-0.2, -0.15) is 0 Å². The second-order valence-electron chi connectivity index (χ2n) is 2.02. The maximum atomic E-state index is 4.07. The molecule has 0 aliphatic carbocycles. The number of allylic oxidation sites excluding steroid dienone is 1. The van der Waals surface area contributed by atoms with Gasteiger partial charge >= 0.3 is 0 Å². The highest BCUT2D eigenvalue weighted by molar-refractivity contribution is 5.86. The fraction of sp³-hybridized carbons (Fsp3) is 0.571. The Balaban J connectivity index is 0.000000490. The lowest BCUT2D eigenvalue weighted by atomic mass is 10.2. The molecule has 1 heteroatoms. The smallest absolute Gasteiger partial charge is 0.0260 e. The van der Waals surface area contributed by atoms with Gasteiger partial charge < -0.3 is 0 Å². The van der Waals surface area contributed by atoms with Gasteiger partial charge in [0, 0.05) is 18.3 Å². The van der Waals surface area contributed by atoms with Crippen LogP contribution in [0.1, 0.15) is 27.7 Å². The molecule has 1 aliphatic rings. The summed E-state index contributed by atoms with van der Waals surface area (Å²) in [5.74, 6) is 0. The van der Waals surface area contributed by atoms with Gasteiger partial charge in [-0.05, 0) is 19.4 Å². The SMILES string of the molecule is C.CC1=CN=C(C)C1. The van der Waals surface area contributed by atoms with Crippen molar-refractivity contribution in [3.05, 3.63) is 11.8 Å². The lowest BCUT2D eigenvalue weighted by Crippen LogP contribution is -1.82. The zero-order valence-electron chi connectivity index (χ0n) is 4.73. The van der Waals surface area contributed by atoms with E-state index in [-0.39, 0.29) is 7.43 Å². The van der Waals surface area contributed by atoms with Crippen LogP contribution in [0.15, 0.2) is 16.8 Å². The Morgan fingerprint density at radius 2 is 2.12 bits per heavy atom. The normalized spacial score (nSPS) is 16.8. The molecule has 1 rings (SSSR count). The van der Waals surface area contributed by atoms with Gasteiger partial charge in [-0.15, -0.1) is 0 Å². The van der Waals surface area contributed by atoms with Gasteiger partial charge in [-0.3, -0.25) is 4.99 Å². The Morgan fingerprint density at radius 3 is 2.25 bits per heavy atom. The maximum absolute atomic E-state index is 4.07. The third kappa shape index (κ3) is 1.49. The van der Waals surface area contributed by atoms with Crippen LogP contribution in [0.3, 0.4) is 0 Å². The number of nitrogens with zero attached hydrogens (tertiary/aromatic N) is 1. The minimum atomic E-state index is 0. The monoisotopic (exact) mass is 111 g/mol. The minimum absolute atomic E-state index is 0. The average Bonchev–Trinajstić information content (AvgIpc) is 1.87. The van der Waals surface area contributed by atoms with E-state index < -0.39 is 0 Å². The van der Waals surface area contributed by atoms with E-state index in [1.165, 1.54) is 11.3 Å². The third-order valence-corrected chi connectivity index (χ3v) is 1.04. The van der Waals surface area contributed by atoms with Crippen molar-refractivity contribution in [1.29, 1.82) is 0 Å². The summed E-state index contributed by atoms with van der Waals surface area (Å²) >= 11 is 0. The summed E-state index contributed by atoms with van der Waals surface area (Å²) in [6, 6.07) is 0. The summed E-state index contributed by atoms with van der Waals surface area (Å²) < 4.78 is 0. The molecule has 0 bridgehead atoms. The summed E-state index contributed by atoms with van der Waals surface area (Å²) in [5, 5.41) is 0. The van der Waals surface area contributed by atoms with Crippen LogP contribution in [0.2, 0.25) is 0 Å². The molecule has 46 valence electrons. The van der Waals surface area contributed by atoms with Crippen molar-refractivity contribution >= 4 is 5.71 Å². The van der Waals surface area contributed by atoms with Crippen LogP contribution in [0.4, 0.5) is 0 Å². The molecule has 1 nitrogen and oxygen atoms in total. The number of rotatable bonds is 0. The molecule has 1 aliphatic heterocycles. The van der Waals surface area contributed by atoms with Crippen LogP contribution >= 0.6 is 0 Å². The molecular weight excluding hydrogens is 98.1 g/mol. The van der Waals surface area contributed by atoms with Gasteiger partial charge in [-0.25, -0.2) is 0 Å². The van der Waals surface area contributed by atoms with Gasteiger partial charge in [0.2, 0.25) is 0 Å².